The number of carbonyl (C=O) groups is 1. The predicted octanol–water partition coefficient (Wildman–Crippen LogP) is 2.03. The van der Waals surface area contributed by atoms with Crippen LogP contribution in [0.4, 0.5) is 11.4 Å². The molecular weight excluding hydrogens is 495 g/mol. The highest BCUT2D eigenvalue weighted by atomic mass is 32.2. The van der Waals surface area contributed by atoms with E-state index in [0.29, 0.717) is 18.2 Å². The number of azo groups is 1. The van der Waals surface area contributed by atoms with E-state index < -0.39 is 61.5 Å². The first kappa shape index (κ1) is 25.7. The molecule has 32 heavy (non-hydrogen) atoms. The number of phenolic OH excluding ortho intramolecular Hbond substituents is 1. The number of nitrogens with zero attached hydrogens (tertiary/aromatic N) is 2. The summed E-state index contributed by atoms with van der Waals surface area (Å²) >= 11 is 0. The lowest BCUT2D eigenvalue weighted by Crippen LogP contribution is -2.02. The first-order valence-electron chi connectivity index (χ1n) is 8.06. The maximum Gasteiger partial charge on any atom is 0.469 e. The van der Waals surface area contributed by atoms with Gasteiger partial charge in [-0.15, -0.1) is 5.11 Å². The Kier molecular flexibility index (Phi) is 7.33. The Bertz CT molecular complexity index is 1360. The molecule has 0 atom stereocenters. The maximum atomic E-state index is 11.6. The third-order valence-corrected chi connectivity index (χ3v) is 6.10. The number of phosphoric acid groups is 1. The number of phosphoric ester groups is 1. The van der Waals surface area contributed by atoms with Crippen molar-refractivity contribution in [2.45, 2.75) is 23.3 Å². The number of benzene rings is 2. The molecule has 2 rings (SSSR count). The van der Waals surface area contributed by atoms with E-state index in [0.717, 1.165) is 6.07 Å². The summed E-state index contributed by atoms with van der Waals surface area (Å²) in [5.41, 5.74) is -1.76. The topological polar surface area (TPSA) is 238 Å². The molecule has 0 aliphatic heterocycles. The van der Waals surface area contributed by atoms with E-state index in [1.807, 2.05) is 0 Å². The Labute approximate surface area is 180 Å². The molecule has 0 bridgehead atoms. The highest BCUT2D eigenvalue weighted by molar-refractivity contribution is 7.86. The van der Waals surface area contributed by atoms with Crippen molar-refractivity contribution in [3.8, 4) is 5.75 Å². The van der Waals surface area contributed by atoms with Gasteiger partial charge in [0.15, 0.2) is 6.29 Å². The van der Waals surface area contributed by atoms with Crippen molar-refractivity contribution < 1.29 is 54.7 Å². The van der Waals surface area contributed by atoms with Crippen molar-refractivity contribution in [2.75, 3.05) is 0 Å². The zero-order valence-electron chi connectivity index (χ0n) is 15.8. The summed E-state index contributed by atoms with van der Waals surface area (Å²) in [6.07, 6.45) is 0.155. The molecule has 0 fully saturated rings. The van der Waals surface area contributed by atoms with Crippen LogP contribution in [0.15, 0.2) is 44.3 Å². The number of rotatable bonds is 8. The molecule has 0 heterocycles. The van der Waals surface area contributed by atoms with Crippen LogP contribution in [0.5, 0.6) is 5.75 Å². The van der Waals surface area contributed by atoms with Gasteiger partial charge in [-0.05, 0) is 36.8 Å². The Hall–Kier alpha value is -2.56. The van der Waals surface area contributed by atoms with E-state index in [-0.39, 0.29) is 23.1 Å². The fourth-order valence-electron chi connectivity index (χ4n) is 2.43. The van der Waals surface area contributed by atoms with Gasteiger partial charge < -0.3 is 14.9 Å². The highest BCUT2D eigenvalue weighted by Gasteiger charge is 2.22. The van der Waals surface area contributed by atoms with Gasteiger partial charge in [-0.3, -0.25) is 18.4 Å². The Morgan fingerprint density at radius 3 is 2.12 bits per heavy atom. The zero-order chi connectivity index (χ0) is 24.5. The predicted molar refractivity (Wildman–Crippen MR) is 105 cm³/mol. The molecule has 0 saturated carbocycles. The van der Waals surface area contributed by atoms with Crippen molar-refractivity contribution in [1.29, 1.82) is 0 Å². The summed E-state index contributed by atoms with van der Waals surface area (Å²) in [6.45, 7) is 0.425. The molecule has 0 aromatic heterocycles. The van der Waals surface area contributed by atoms with E-state index in [1.165, 1.54) is 6.92 Å². The van der Waals surface area contributed by atoms with E-state index in [1.54, 1.807) is 0 Å². The molecule has 0 amide bonds. The van der Waals surface area contributed by atoms with E-state index in [4.69, 9.17) is 14.3 Å². The lowest BCUT2D eigenvalue weighted by atomic mass is 10.0. The first-order chi connectivity index (χ1) is 14.5. The summed E-state index contributed by atoms with van der Waals surface area (Å²) in [7, 11) is -14.7. The van der Waals surface area contributed by atoms with Crippen LogP contribution in [-0.2, 0) is 35.9 Å². The van der Waals surface area contributed by atoms with Crippen molar-refractivity contribution in [1.82, 2.24) is 0 Å². The molecule has 5 N–H and O–H groups in total. The number of hydrogen-bond donors (Lipinski definition) is 5. The molecule has 17 heteroatoms. The second-order valence-electron chi connectivity index (χ2n) is 6.11. The van der Waals surface area contributed by atoms with Crippen molar-refractivity contribution in [3.63, 3.8) is 0 Å². The van der Waals surface area contributed by atoms with E-state index in [2.05, 4.69) is 14.8 Å². The molecule has 0 radical (unpaired) electrons. The second-order valence-corrected chi connectivity index (χ2v) is 10.2. The lowest BCUT2D eigenvalue weighted by Gasteiger charge is -2.13. The molecule has 2 aromatic rings. The third kappa shape index (κ3) is 6.24. The lowest BCUT2D eigenvalue weighted by molar-refractivity contribution is 0.111. The minimum absolute atomic E-state index is 0.0719. The highest BCUT2D eigenvalue weighted by Crippen LogP contribution is 2.41. The minimum Gasteiger partial charge on any atom is -0.507 e. The number of aryl methyl sites for hydroxylation is 1. The largest absolute Gasteiger partial charge is 0.507 e. The van der Waals surface area contributed by atoms with Crippen molar-refractivity contribution in [2.24, 2.45) is 10.2 Å². The minimum atomic E-state index is -5.02. The number of carbonyl (C=O) groups excluding carboxylic acids is 1. The molecule has 14 nitrogen and oxygen atoms in total. The van der Waals surface area contributed by atoms with Crippen molar-refractivity contribution >= 4 is 45.7 Å². The summed E-state index contributed by atoms with van der Waals surface area (Å²) in [6, 6.07) is 3.03. The van der Waals surface area contributed by atoms with Gasteiger partial charge in [-0.25, -0.2) is 4.57 Å². The van der Waals surface area contributed by atoms with Gasteiger partial charge >= 0.3 is 7.82 Å². The summed E-state index contributed by atoms with van der Waals surface area (Å²) < 4.78 is 79.6. The van der Waals surface area contributed by atoms with Gasteiger partial charge in [-0.2, -0.15) is 21.9 Å². The van der Waals surface area contributed by atoms with Crippen LogP contribution >= 0.6 is 7.82 Å². The number of aromatic hydroxyl groups is 1. The first-order valence-corrected chi connectivity index (χ1v) is 12.5. The standard InChI is InChI=1S/C15H15N2O12PS2/c1-8-4-12(11(7-29-30(20,21)22)10(6-18)15(8)19)16-17-13-5-9(31(23,24)25)2-3-14(13)32(26,27)28/h2-6,19H,7H2,1H3,(H2,20,21,22)(H,23,24,25)(H,26,27,28). The third-order valence-electron chi connectivity index (χ3n) is 3.88. The summed E-state index contributed by atoms with van der Waals surface area (Å²) in [5.74, 6) is -0.546. The Balaban J connectivity index is 2.73. The van der Waals surface area contributed by atoms with Crippen molar-refractivity contribution in [3.05, 3.63) is 41.0 Å². The normalized spacial score (nSPS) is 12.9. The summed E-state index contributed by atoms with van der Waals surface area (Å²) in [5, 5.41) is 17.2. The van der Waals surface area contributed by atoms with E-state index >= 15 is 0 Å². The second kappa shape index (κ2) is 9.13. The Morgan fingerprint density at radius 1 is 1.03 bits per heavy atom. The van der Waals surface area contributed by atoms with Crippen LogP contribution in [0.1, 0.15) is 21.5 Å². The van der Waals surface area contributed by atoms with Crippen LogP contribution in [0.3, 0.4) is 0 Å². The SMILES string of the molecule is Cc1cc(N=Nc2cc(S(=O)(=O)O)ccc2S(=O)(=O)O)c(COP(=O)(O)O)c(C=O)c1O. The van der Waals surface area contributed by atoms with Gasteiger partial charge in [0.05, 0.1) is 22.8 Å². The molecule has 0 unspecified atom stereocenters. The molecule has 0 aliphatic carbocycles. The molecular formula is C15H15N2O12PS2. The average Bonchev–Trinajstić information content (AvgIpc) is 2.64. The van der Waals surface area contributed by atoms with Gasteiger partial charge in [-0.1, -0.05) is 0 Å². The van der Waals surface area contributed by atoms with Crippen LogP contribution in [-0.4, -0.2) is 47.1 Å². The monoisotopic (exact) mass is 510 g/mol. The van der Waals surface area contributed by atoms with Crippen LogP contribution in [0.2, 0.25) is 0 Å². The quantitative estimate of drug-likeness (QED) is 0.148. The zero-order valence-corrected chi connectivity index (χ0v) is 18.4. The average molecular weight is 510 g/mol. The smallest absolute Gasteiger partial charge is 0.469 e. The molecule has 0 spiro atoms. The fraction of sp³-hybridized carbons (Fsp3) is 0.133. The molecule has 0 saturated heterocycles. The van der Waals surface area contributed by atoms with Gasteiger partial charge in [0.2, 0.25) is 0 Å². The maximum absolute atomic E-state index is 11.6. The Morgan fingerprint density at radius 2 is 1.62 bits per heavy atom. The number of phenols is 1. The molecule has 2 aromatic carbocycles. The van der Waals surface area contributed by atoms with Crippen LogP contribution < -0.4 is 0 Å². The number of hydrogen-bond acceptors (Lipinski definition) is 10. The fourth-order valence-corrected chi connectivity index (χ4v) is 3.83. The summed E-state index contributed by atoms with van der Waals surface area (Å²) in [4.78, 5) is 27.6. The van der Waals surface area contributed by atoms with Crippen LogP contribution in [0.25, 0.3) is 0 Å². The van der Waals surface area contributed by atoms with Gasteiger partial charge in [0.25, 0.3) is 20.2 Å². The molecule has 0 aliphatic rings. The van der Waals surface area contributed by atoms with Gasteiger partial charge in [0.1, 0.15) is 16.3 Å². The molecule has 174 valence electrons. The van der Waals surface area contributed by atoms with Crippen LogP contribution in [0, 0.1) is 6.92 Å². The van der Waals surface area contributed by atoms with Gasteiger partial charge in [0, 0.05) is 5.56 Å². The number of aldehydes is 1. The van der Waals surface area contributed by atoms with E-state index in [9.17, 15) is 35.9 Å².